The van der Waals surface area contributed by atoms with Gasteiger partial charge >= 0.3 is 0 Å². The van der Waals surface area contributed by atoms with Gasteiger partial charge in [0.05, 0.1) is 24.1 Å². The lowest BCUT2D eigenvalue weighted by Crippen LogP contribution is -2.29. The molecule has 4 rings (SSSR count). The maximum atomic E-state index is 13.0. The average molecular weight is 501 g/mol. The highest BCUT2D eigenvalue weighted by Crippen LogP contribution is 2.27. The highest BCUT2D eigenvalue weighted by molar-refractivity contribution is 7.92. The lowest BCUT2D eigenvalue weighted by atomic mass is 10.1. The molecule has 0 aliphatic rings. The topological polar surface area (TPSA) is 75.7 Å². The molecule has 4 aromatic carbocycles. The van der Waals surface area contributed by atoms with E-state index in [2.05, 4.69) is 5.32 Å². The third-order valence-electron chi connectivity index (χ3n) is 5.82. The normalized spacial score (nSPS) is 11.1. The second kappa shape index (κ2) is 10.7. The minimum Gasteiger partial charge on any atom is -0.457 e. The second-order valence-electron chi connectivity index (χ2n) is 8.60. The lowest BCUT2D eigenvalue weighted by molar-refractivity contribution is 0.102. The van der Waals surface area contributed by atoms with Gasteiger partial charge in [0.1, 0.15) is 11.5 Å². The Bertz CT molecular complexity index is 1470. The maximum absolute atomic E-state index is 13.0. The number of hydrogen-bond donors (Lipinski definition) is 1. The first kappa shape index (κ1) is 25.0. The molecule has 36 heavy (non-hydrogen) atoms. The Balaban J connectivity index is 1.49. The van der Waals surface area contributed by atoms with Crippen LogP contribution in [0.25, 0.3) is 0 Å². The summed E-state index contributed by atoms with van der Waals surface area (Å²) in [5.41, 5.74) is 4.54. The van der Waals surface area contributed by atoms with Crippen LogP contribution in [0.15, 0.2) is 97.1 Å². The minimum absolute atomic E-state index is 0.184. The number of carbonyl (C=O) groups is 1. The molecule has 0 atom stereocenters. The fraction of sp³-hybridized carbons (Fsp3) is 0.138. The van der Waals surface area contributed by atoms with Crippen LogP contribution in [0.4, 0.5) is 11.4 Å². The number of aryl methyl sites for hydroxylation is 2. The molecule has 0 aromatic heterocycles. The summed E-state index contributed by atoms with van der Waals surface area (Å²) in [6, 6.07) is 29.1. The van der Waals surface area contributed by atoms with Gasteiger partial charge in [-0.25, -0.2) is 8.42 Å². The molecule has 4 aromatic rings. The summed E-state index contributed by atoms with van der Waals surface area (Å²) in [7, 11) is -3.49. The van der Waals surface area contributed by atoms with Crippen molar-refractivity contribution in [1.82, 2.24) is 0 Å². The number of hydrogen-bond acceptors (Lipinski definition) is 4. The Hall–Kier alpha value is -4.10. The van der Waals surface area contributed by atoms with E-state index in [1.54, 1.807) is 42.5 Å². The lowest BCUT2D eigenvalue weighted by Gasteiger charge is -2.23. The predicted octanol–water partition coefficient (Wildman–Crippen LogP) is 6.31. The maximum Gasteiger partial charge on any atom is 0.259 e. The summed E-state index contributed by atoms with van der Waals surface area (Å²) in [4.78, 5) is 13.0. The van der Waals surface area contributed by atoms with Crippen molar-refractivity contribution in [3.63, 3.8) is 0 Å². The average Bonchev–Trinajstić information content (AvgIpc) is 2.85. The van der Waals surface area contributed by atoms with E-state index in [0.29, 0.717) is 28.4 Å². The van der Waals surface area contributed by atoms with Gasteiger partial charge in [0.25, 0.3) is 5.91 Å². The standard InChI is InChI=1S/C29H28N2O4S/c1-21-13-18-25(19-22(21)2)31(36(3,33)34)20-23-14-16-24(17-15-23)30-29(32)27-11-7-8-12-28(27)35-26-9-5-4-6-10-26/h4-19H,20H2,1-3H3,(H,30,32). The summed E-state index contributed by atoms with van der Waals surface area (Å²) < 4.78 is 32.3. The number of ether oxygens (including phenoxy) is 1. The fourth-order valence-electron chi connectivity index (χ4n) is 3.70. The number of rotatable bonds is 8. The third kappa shape index (κ3) is 6.12. The van der Waals surface area contributed by atoms with E-state index >= 15 is 0 Å². The van der Waals surface area contributed by atoms with E-state index in [4.69, 9.17) is 4.74 Å². The summed E-state index contributed by atoms with van der Waals surface area (Å²) in [6.45, 7) is 4.13. The Morgan fingerprint density at radius 3 is 2.17 bits per heavy atom. The Labute approximate surface area is 212 Å². The van der Waals surface area contributed by atoms with Crippen molar-refractivity contribution >= 4 is 27.3 Å². The number of anilines is 2. The highest BCUT2D eigenvalue weighted by atomic mass is 32.2. The van der Waals surface area contributed by atoms with Crippen LogP contribution >= 0.6 is 0 Å². The molecule has 0 radical (unpaired) electrons. The highest BCUT2D eigenvalue weighted by Gasteiger charge is 2.19. The van der Waals surface area contributed by atoms with Gasteiger partial charge in [-0.3, -0.25) is 9.10 Å². The zero-order chi connectivity index (χ0) is 25.7. The van der Waals surface area contributed by atoms with E-state index in [-0.39, 0.29) is 12.5 Å². The number of sulfonamides is 1. The van der Waals surface area contributed by atoms with Crippen molar-refractivity contribution in [3.05, 3.63) is 119 Å². The van der Waals surface area contributed by atoms with Crippen molar-refractivity contribution in [3.8, 4) is 11.5 Å². The van der Waals surface area contributed by atoms with Crippen LogP contribution in [0.3, 0.4) is 0 Å². The number of carbonyl (C=O) groups excluding carboxylic acids is 1. The fourth-order valence-corrected chi connectivity index (χ4v) is 4.58. The summed E-state index contributed by atoms with van der Waals surface area (Å²) in [5.74, 6) is 0.790. The molecule has 1 amide bonds. The van der Waals surface area contributed by atoms with E-state index in [1.807, 2.05) is 68.4 Å². The Morgan fingerprint density at radius 1 is 0.833 bits per heavy atom. The van der Waals surface area contributed by atoms with E-state index in [0.717, 1.165) is 16.7 Å². The van der Waals surface area contributed by atoms with Crippen molar-refractivity contribution in [2.24, 2.45) is 0 Å². The van der Waals surface area contributed by atoms with Crippen LogP contribution < -0.4 is 14.4 Å². The molecule has 0 heterocycles. The molecule has 7 heteroatoms. The SMILES string of the molecule is Cc1ccc(N(Cc2ccc(NC(=O)c3ccccc3Oc3ccccc3)cc2)S(C)(=O)=O)cc1C. The molecule has 6 nitrogen and oxygen atoms in total. The molecule has 0 aliphatic heterocycles. The Kier molecular flexibility index (Phi) is 7.41. The monoisotopic (exact) mass is 500 g/mol. The quantitative estimate of drug-likeness (QED) is 0.307. The van der Waals surface area contributed by atoms with Crippen LogP contribution in [-0.4, -0.2) is 20.6 Å². The predicted molar refractivity (Wildman–Crippen MR) is 144 cm³/mol. The number of amides is 1. The molecule has 0 spiro atoms. The van der Waals surface area contributed by atoms with Gasteiger partial charge in [-0.2, -0.15) is 0 Å². The van der Waals surface area contributed by atoms with Gasteiger partial charge in [0.2, 0.25) is 10.0 Å². The van der Waals surface area contributed by atoms with Gasteiger partial charge < -0.3 is 10.1 Å². The van der Waals surface area contributed by atoms with Crippen molar-refractivity contribution in [2.75, 3.05) is 15.9 Å². The van der Waals surface area contributed by atoms with Gasteiger partial charge in [0.15, 0.2) is 0 Å². The molecule has 0 bridgehead atoms. The van der Waals surface area contributed by atoms with Crippen LogP contribution in [0.2, 0.25) is 0 Å². The van der Waals surface area contributed by atoms with E-state index in [9.17, 15) is 13.2 Å². The van der Waals surface area contributed by atoms with Crippen LogP contribution in [0.5, 0.6) is 11.5 Å². The zero-order valence-corrected chi connectivity index (χ0v) is 21.2. The van der Waals surface area contributed by atoms with Gasteiger partial charge in [-0.05, 0) is 79.1 Å². The number of para-hydroxylation sites is 2. The van der Waals surface area contributed by atoms with Gasteiger partial charge in [-0.15, -0.1) is 0 Å². The summed E-state index contributed by atoms with van der Waals surface area (Å²) in [6.07, 6.45) is 1.20. The number of benzene rings is 4. The van der Waals surface area contributed by atoms with Gasteiger partial charge in [0, 0.05) is 5.69 Å². The second-order valence-corrected chi connectivity index (χ2v) is 10.5. The molecule has 0 saturated heterocycles. The first-order chi connectivity index (χ1) is 17.2. The molecule has 0 fully saturated rings. The summed E-state index contributed by atoms with van der Waals surface area (Å²) in [5, 5.41) is 2.89. The molecule has 0 saturated carbocycles. The van der Waals surface area contributed by atoms with Crippen molar-refractivity contribution in [1.29, 1.82) is 0 Å². The summed E-state index contributed by atoms with van der Waals surface area (Å²) >= 11 is 0. The molecular formula is C29H28N2O4S. The van der Waals surface area contributed by atoms with E-state index in [1.165, 1.54) is 10.6 Å². The van der Waals surface area contributed by atoms with Crippen LogP contribution in [0.1, 0.15) is 27.0 Å². The molecule has 0 aliphatic carbocycles. The van der Waals surface area contributed by atoms with Crippen LogP contribution in [-0.2, 0) is 16.6 Å². The minimum atomic E-state index is -3.49. The van der Waals surface area contributed by atoms with Gasteiger partial charge in [-0.1, -0.05) is 48.5 Å². The van der Waals surface area contributed by atoms with Crippen molar-refractivity contribution in [2.45, 2.75) is 20.4 Å². The first-order valence-corrected chi connectivity index (χ1v) is 13.3. The van der Waals surface area contributed by atoms with E-state index < -0.39 is 10.0 Å². The molecule has 184 valence electrons. The third-order valence-corrected chi connectivity index (χ3v) is 6.96. The molecule has 1 N–H and O–H groups in total. The zero-order valence-electron chi connectivity index (χ0n) is 20.4. The van der Waals surface area contributed by atoms with Crippen molar-refractivity contribution < 1.29 is 17.9 Å². The Morgan fingerprint density at radius 2 is 1.50 bits per heavy atom. The number of nitrogens with one attached hydrogen (secondary N) is 1. The largest absolute Gasteiger partial charge is 0.457 e. The molecule has 0 unspecified atom stereocenters. The van der Waals surface area contributed by atoms with Crippen LogP contribution in [0, 0.1) is 13.8 Å². The number of nitrogens with zero attached hydrogens (tertiary/aromatic N) is 1. The molecular weight excluding hydrogens is 472 g/mol. The smallest absolute Gasteiger partial charge is 0.259 e. The first-order valence-electron chi connectivity index (χ1n) is 11.5.